The van der Waals surface area contributed by atoms with Crippen LogP contribution in [0.1, 0.15) is 24.8 Å². The van der Waals surface area contributed by atoms with Gasteiger partial charge in [-0.15, -0.1) is 0 Å². The average Bonchev–Trinajstić information content (AvgIpc) is 2.37. The summed E-state index contributed by atoms with van der Waals surface area (Å²) in [5.74, 6) is 0.735. The molecule has 0 atom stereocenters. The van der Waals surface area contributed by atoms with Crippen molar-refractivity contribution in [1.82, 2.24) is 5.32 Å². The van der Waals surface area contributed by atoms with Gasteiger partial charge >= 0.3 is 0 Å². The second-order valence-electron chi connectivity index (χ2n) is 4.70. The maximum absolute atomic E-state index is 9.39. The van der Waals surface area contributed by atoms with Gasteiger partial charge in [0.25, 0.3) is 0 Å². The van der Waals surface area contributed by atoms with Crippen molar-refractivity contribution in [3.8, 4) is 11.8 Å². The molecule has 0 radical (unpaired) electrons. The van der Waals surface area contributed by atoms with Gasteiger partial charge in [-0.25, -0.2) is 0 Å². The fourth-order valence-electron chi connectivity index (χ4n) is 2.18. The minimum Gasteiger partial charge on any atom is -0.478 e. The second-order valence-corrected chi connectivity index (χ2v) is 4.70. The van der Waals surface area contributed by atoms with E-state index in [1.54, 1.807) is 0 Å². The molecule has 0 unspecified atom stereocenters. The van der Waals surface area contributed by atoms with E-state index in [2.05, 4.69) is 5.32 Å². The van der Waals surface area contributed by atoms with Crippen molar-refractivity contribution >= 4 is 0 Å². The van der Waals surface area contributed by atoms with Gasteiger partial charge in [0.05, 0.1) is 6.61 Å². The lowest BCUT2D eigenvalue weighted by Gasteiger charge is -2.41. The summed E-state index contributed by atoms with van der Waals surface area (Å²) < 4.78 is 5.37. The number of ether oxygens (including phenoxy) is 1. The minimum atomic E-state index is -0.109. The standard InChI is InChI=1S/C14H18N2O2/c15-8-9-18-13-5-2-1-4-12(13)10-16-14(11-17)6-3-7-14/h1-2,4-5,16-17H,3,6-7,9-11H2. The molecule has 0 bridgehead atoms. The maximum Gasteiger partial charge on any atom is 0.174 e. The van der Waals surface area contributed by atoms with E-state index in [1.165, 1.54) is 6.42 Å². The van der Waals surface area contributed by atoms with E-state index in [1.807, 2.05) is 30.3 Å². The zero-order valence-corrected chi connectivity index (χ0v) is 10.4. The zero-order chi connectivity index (χ0) is 12.8. The first kappa shape index (κ1) is 12.9. The van der Waals surface area contributed by atoms with Crippen molar-refractivity contribution in [2.24, 2.45) is 0 Å². The molecule has 18 heavy (non-hydrogen) atoms. The Bertz CT molecular complexity index is 430. The third-order valence-electron chi connectivity index (χ3n) is 3.53. The first-order valence-electron chi connectivity index (χ1n) is 6.23. The van der Waals surface area contributed by atoms with E-state index >= 15 is 0 Å². The summed E-state index contributed by atoms with van der Waals surface area (Å²) in [6.45, 7) is 0.887. The van der Waals surface area contributed by atoms with Gasteiger partial charge in [0, 0.05) is 17.6 Å². The van der Waals surface area contributed by atoms with E-state index in [0.29, 0.717) is 6.54 Å². The highest BCUT2D eigenvalue weighted by Crippen LogP contribution is 2.32. The molecule has 96 valence electrons. The predicted octanol–water partition coefficient (Wildman–Crippen LogP) is 1.59. The summed E-state index contributed by atoms with van der Waals surface area (Å²) >= 11 is 0. The number of nitrogens with zero attached hydrogens (tertiary/aromatic N) is 1. The fraction of sp³-hybridized carbons (Fsp3) is 0.500. The van der Waals surface area contributed by atoms with Crippen LogP contribution >= 0.6 is 0 Å². The van der Waals surface area contributed by atoms with E-state index in [0.717, 1.165) is 24.2 Å². The molecule has 0 saturated heterocycles. The summed E-state index contributed by atoms with van der Waals surface area (Å²) in [4.78, 5) is 0. The Balaban J connectivity index is 1.98. The highest BCUT2D eigenvalue weighted by Gasteiger charge is 2.35. The molecule has 1 aromatic rings. The van der Waals surface area contributed by atoms with Crippen molar-refractivity contribution in [3.05, 3.63) is 29.8 Å². The van der Waals surface area contributed by atoms with E-state index in [9.17, 15) is 5.11 Å². The zero-order valence-electron chi connectivity index (χ0n) is 10.4. The minimum absolute atomic E-state index is 0.0577. The Labute approximate surface area is 107 Å². The van der Waals surface area contributed by atoms with Crippen LogP contribution in [0.15, 0.2) is 24.3 Å². The molecule has 1 aliphatic carbocycles. The molecule has 1 saturated carbocycles. The van der Waals surface area contributed by atoms with Crippen molar-refractivity contribution in [1.29, 1.82) is 5.26 Å². The van der Waals surface area contributed by atoms with Crippen LogP contribution in [0.4, 0.5) is 0 Å². The van der Waals surface area contributed by atoms with Gasteiger partial charge in [-0.3, -0.25) is 0 Å². The molecular formula is C14H18N2O2. The molecule has 1 fully saturated rings. The number of benzene rings is 1. The van der Waals surface area contributed by atoms with Crippen LogP contribution in [0, 0.1) is 11.3 Å². The molecule has 0 aliphatic heterocycles. The van der Waals surface area contributed by atoms with E-state index in [-0.39, 0.29) is 18.8 Å². The van der Waals surface area contributed by atoms with Crippen molar-refractivity contribution < 1.29 is 9.84 Å². The number of nitriles is 1. The number of aliphatic hydroxyl groups is 1. The normalized spacial score (nSPS) is 16.7. The summed E-state index contributed by atoms with van der Waals surface area (Å²) in [5.41, 5.74) is 0.912. The van der Waals surface area contributed by atoms with Gasteiger partial charge in [-0.2, -0.15) is 5.26 Å². The van der Waals surface area contributed by atoms with Crippen LogP contribution in [0.25, 0.3) is 0 Å². The molecule has 0 spiro atoms. The Morgan fingerprint density at radius 1 is 1.39 bits per heavy atom. The predicted molar refractivity (Wildman–Crippen MR) is 68.1 cm³/mol. The van der Waals surface area contributed by atoms with Gasteiger partial charge < -0.3 is 15.2 Å². The van der Waals surface area contributed by atoms with Crippen LogP contribution in [-0.2, 0) is 6.54 Å². The lowest BCUT2D eigenvalue weighted by atomic mass is 9.77. The molecule has 4 nitrogen and oxygen atoms in total. The highest BCUT2D eigenvalue weighted by atomic mass is 16.5. The number of hydrogen-bond donors (Lipinski definition) is 2. The first-order valence-corrected chi connectivity index (χ1v) is 6.23. The number of para-hydroxylation sites is 1. The quantitative estimate of drug-likeness (QED) is 0.800. The van der Waals surface area contributed by atoms with Gasteiger partial charge in [0.1, 0.15) is 11.8 Å². The smallest absolute Gasteiger partial charge is 0.174 e. The van der Waals surface area contributed by atoms with Crippen LogP contribution < -0.4 is 10.1 Å². The summed E-state index contributed by atoms with van der Waals surface area (Å²) in [5, 5.41) is 21.3. The van der Waals surface area contributed by atoms with E-state index in [4.69, 9.17) is 10.00 Å². The van der Waals surface area contributed by atoms with Crippen LogP contribution in [0.3, 0.4) is 0 Å². The molecule has 0 heterocycles. The first-order chi connectivity index (χ1) is 8.79. The Hall–Kier alpha value is -1.57. The number of hydrogen-bond acceptors (Lipinski definition) is 4. The number of rotatable bonds is 6. The molecule has 1 aliphatic rings. The van der Waals surface area contributed by atoms with Crippen LogP contribution in [0.2, 0.25) is 0 Å². The number of nitrogens with one attached hydrogen (secondary N) is 1. The van der Waals surface area contributed by atoms with Crippen molar-refractivity contribution in [3.63, 3.8) is 0 Å². The van der Waals surface area contributed by atoms with Crippen molar-refractivity contribution in [2.75, 3.05) is 13.2 Å². The molecule has 4 heteroatoms. The topological polar surface area (TPSA) is 65.3 Å². The summed E-state index contributed by atoms with van der Waals surface area (Å²) in [6, 6.07) is 9.64. The van der Waals surface area contributed by atoms with Gasteiger partial charge in [-0.1, -0.05) is 18.2 Å². The van der Waals surface area contributed by atoms with Gasteiger partial charge in [0.15, 0.2) is 6.61 Å². The molecule has 2 N–H and O–H groups in total. The monoisotopic (exact) mass is 246 g/mol. The molecular weight excluding hydrogens is 228 g/mol. The largest absolute Gasteiger partial charge is 0.478 e. The average molecular weight is 246 g/mol. The third-order valence-corrected chi connectivity index (χ3v) is 3.53. The van der Waals surface area contributed by atoms with E-state index < -0.39 is 0 Å². The van der Waals surface area contributed by atoms with Crippen LogP contribution in [-0.4, -0.2) is 23.9 Å². The highest BCUT2D eigenvalue weighted by molar-refractivity contribution is 5.33. The Morgan fingerprint density at radius 3 is 2.78 bits per heavy atom. The van der Waals surface area contributed by atoms with Crippen LogP contribution in [0.5, 0.6) is 5.75 Å². The Morgan fingerprint density at radius 2 is 2.17 bits per heavy atom. The van der Waals surface area contributed by atoms with Gasteiger partial charge in [-0.05, 0) is 25.3 Å². The van der Waals surface area contributed by atoms with Gasteiger partial charge in [0.2, 0.25) is 0 Å². The molecule has 0 amide bonds. The summed E-state index contributed by atoms with van der Waals surface area (Å²) in [6.07, 6.45) is 3.20. The SMILES string of the molecule is N#CCOc1ccccc1CNC1(CO)CCC1. The molecule has 1 aromatic carbocycles. The lowest BCUT2D eigenvalue weighted by Crippen LogP contribution is -2.53. The Kier molecular flexibility index (Phi) is 4.19. The second kappa shape index (κ2) is 5.85. The summed E-state index contributed by atoms with van der Waals surface area (Å²) in [7, 11) is 0. The fourth-order valence-corrected chi connectivity index (χ4v) is 2.18. The maximum atomic E-state index is 9.39. The number of aliphatic hydroxyl groups excluding tert-OH is 1. The molecule has 2 rings (SSSR count). The lowest BCUT2D eigenvalue weighted by molar-refractivity contribution is 0.0869. The third kappa shape index (κ3) is 2.81. The van der Waals surface area contributed by atoms with Crippen molar-refractivity contribution in [2.45, 2.75) is 31.3 Å². The molecule has 0 aromatic heterocycles.